The molecule has 3 nitrogen and oxygen atoms in total. The minimum absolute atomic E-state index is 0.0810. The van der Waals surface area contributed by atoms with E-state index >= 15 is 0 Å². The second-order valence-corrected chi connectivity index (χ2v) is 5.51. The zero-order valence-electron chi connectivity index (χ0n) is 11.1. The van der Waals surface area contributed by atoms with Gasteiger partial charge in [-0.2, -0.15) is 0 Å². The Labute approximate surface area is 116 Å². The van der Waals surface area contributed by atoms with E-state index in [1.165, 1.54) is 0 Å². The second-order valence-electron chi connectivity index (χ2n) is 5.51. The minimum atomic E-state index is -1.58. The fourth-order valence-electron chi connectivity index (χ4n) is 3.27. The number of ether oxygens (including phenoxy) is 1. The zero-order valence-corrected chi connectivity index (χ0v) is 11.1. The predicted molar refractivity (Wildman–Crippen MR) is 70.1 cm³/mol. The van der Waals surface area contributed by atoms with E-state index in [4.69, 9.17) is 4.74 Å². The summed E-state index contributed by atoms with van der Waals surface area (Å²) in [5.41, 5.74) is -0.525. The first-order valence-corrected chi connectivity index (χ1v) is 6.89. The molecule has 0 radical (unpaired) electrons. The molecule has 3 rings (SSSR count). The molecule has 0 amide bonds. The van der Waals surface area contributed by atoms with Crippen molar-refractivity contribution in [3.63, 3.8) is 0 Å². The normalized spacial score (nSPS) is 33.1. The van der Waals surface area contributed by atoms with Crippen LogP contribution in [0.2, 0.25) is 0 Å². The number of carbonyl (C=O) groups is 1. The van der Waals surface area contributed by atoms with Gasteiger partial charge in [0.05, 0.1) is 11.1 Å². The molecule has 0 unspecified atom stereocenters. The van der Waals surface area contributed by atoms with Crippen LogP contribution in [0.15, 0.2) is 30.3 Å². The van der Waals surface area contributed by atoms with E-state index < -0.39 is 23.9 Å². The topological polar surface area (TPSA) is 29.5 Å². The molecule has 0 bridgehead atoms. The Morgan fingerprint density at radius 3 is 2.85 bits per heavy atom. The first kappa shape index (κ1) is 13.5. The van der Waals surface area contributed by atoms with Crippen LogP contribution in [-0.4, -0.2) is 48.4 Å². The molecule has 0 aliphatic carbocycles. The maximum Gasteiger partial charge on any atom is 0.338 e. The summed E-state index contributed by atoms with van der Waals surface area (Å²) in [7, 11) is 0. The number of nitrogens with zero attached hydrogens (tertiary/aromatic N) is 1. The van der Waals surface area contributed by atoms with Gasteiger partial charge in [0, 0.05) is 6.54 Å². The lowest BCUT2D eigenvalue weighted by Gasteiger charge is -2.32. The van der Waals surface area contributed by atoms with Crippen molar-refractivity contribution in [2.75, 3.05) is 19.7 Å². The van der Waals surface area contributed by atoms with Crippen LogP contribution >= 0.6 is 0 Å². The Kier molecular flexibility index (Phi) is 3.46. The summed E-state index contributed by atoms with van der Waals surface area (Å²) in [6.07, 6.45) is -1.70. The maximum absolute atomic E-state index is 14.2. The highest BCUT2D eigenvalue weighted by molar-refractivity contribution is 5.89. The molecule has 2 saturated heterocycles. The highest BCUT2D eigenvalue weighted by atomic mass is 19.2. The summed E-state index contributed by atoms with van der Waals surface area (Å²) in [6, 6.07) is 8.57. The van der Waals surface area contributed by atoms with E-state index in [-0.39, 0.29) is 13.2 Å². The van der Waals surface area contributed by atoms with Crippen LogP contribution in [0.1, 0.15) is 23.2 Å². The zero-order chi connectivity index (χ0) is 14.2. The van der Waals surface area contributed by atoms with Gasteiger partial charge in [-0.05, 0) is 31.5 Å². The molecule has 3 atom stereocenters. The molecule has 0 saturated carbocycles. The Balaban J connectivity index is 1.70. The third kappa shape index (κ3) is 2.10. The smallest absolute Gasteiger partial charge is 0.338 e. The van der Waals surface area contributed by atoms with E-state index in [9.17, 15) is 13.6 Å². The summed E-state index contributed by atoms with van der Waals surface area (Å²) in [6.45, 7) is 0.691. The van der Waals surface area contributed by atoms with E-state index in [2.05, 4.69) is 0 Å². The van der Waals surface area contributed by atoms with E-state index in [0.717, 1.165) is 6.42 Å². The summed E-state index contributed by atoms with van der Waals surface area (Å²) in [4.78, 5) is 13.7. The molecule has 2 aliphatic rings. The fraction of sp³-hybridized carbons (Fsp3) is 0.533. The Bertz CT molecular complexity index is 492. The summed E-state index contributed by atoms with van der Waals surface area (Å²) >= 11 is 0. The van der Waals surface area contributed by atoms with Crippen LogP contribution in [0.5, 0.6) is 0 Å². The van der Waals surface area contributed by atoms with E-state index in [1.807, 2.05) is 0 Å². The van der Waals surface area contributed by atoms with Gasteiger partial charge in [-0.1, -0.05) is 18.2 Å². The van der Waals surface area contributed by atoms with Gasteiger partial charge in [0.15, 0.2) is 6.17 Å². The number of alkyl halides is 2. The van der Waals surface area contributed by atoms with Crippen molar-refractivity contribution in [2.24, 2.45) is 0 Å². The largest absolute Gasteiger partial charge is 0.460 e. The SMILES string of the molecule is O=C(OC[C@]12CCCN1C[C@H](F)[C@@H]2F)c1ccccc1. The third-order valence-corrected chi connectivity index (χ3v) is 4.36. The van der Waals surface area contributed by atoms with Crippen LogP contribution in [0, 0.1) is 0 Å². The molecule has 2 heterocycles. The molecule has 1 aromatic rings. The summed E-state index contributed by atoms with van der Waals surface area (Å²) in [5, 5.41) is 0. The van der Waals surface area contributed by atoms with Crippen molar-refractivity contribution in [1.82, 2.24) is 4.90 Å². The number of rotatable bonds is 3. The third-order valence-electron chi connectivity index (χ3n) is 4.36. The number of halogens is 2. The van der Waals surface area contributed by atoms with Gasteiger partial charge >= 0.3 is 5.97 Å². The fourth-order valence-corrected chi connectivity index (χ4v) is 3.27. The number of carbonyl (C=O) groups excluding carboxylic acids is 1. The number of benzene rings is 1. The lowest BCUT2D eigenvalue weighted by molar-refractivity contribution is 0.00460. The Morgan fingerprint density at radius 2 is 2.10 bits per heavy atom. The first-order valence-electron chi connectivity index (χ1n) is 6.89. The maximum atomic E-state index is 14.2. The molecule has 5 heteroatoms. The molecule has 0 aromatic heterocycles. The molecule has 2 fully saturated rings. The highest BCUT2D eigenvalue weighted by Crippen LogP contribution is 2.42. The Hall–Kier alpha value is -1.49. The number of hydrogen-bond acceptors (Lipinski definition) is 3. The number of esters is 1. The number of hydrogen-bond donors (Lipinski definition) is 0. The van der Waals surface area contributed by atoms with E-state index in [1.54, 1.807) is 35.2 Å². The van der Waals surface area contributed by atoms with Gasteiger partial charge in [-0.15, -0.1) is 0 Å². The van der Waals surface area contributed by atoms with Crippen molar-refractivity contribution >= 4 is 5.97 Å². The van der Waals surface area contributed by atoms with Gasteiger partial charge in [-0.3, -0.25) is 4.90 Å². The minimum Gasteiger partial charge on any atom is -0.460 e. The summed E-state index contributed by atoms with van der Waals surface area (Å²) in [5.74, 6) is -0.485. The van der Waals surface area contributed by atoms with Crippen LogP contribution in [-0.2, 0) is 4.74 Å². The van der Waals surface area contributed by atoms with Gasteiger partial charge < -0.3 is 4.74 Å². The molecule has 0 N–H and O–H groups in total. The van der Waals surface area contributed by atoms with Gasteiger partial charge in [0.2, 0.25) is 0 Å². The number of fused-ring (bicyclic) bond motifs is 1. The van der Waals surface area contributed by atoms with Gasteiger partial charge in [-0.25, -0.2) is 13.6 Å². The monoisotopic (exact) mass is 281 g/mol. The average molecular weight is 281 g/mol. The van der Waals surface area contributed by atoms with Crippen molar-refractivity contribution < 1.29 is 18.3 Å². The quantitative estimate of drug-likeness (QED) is 0.797. The van der Waals surface area contributed by atoms with Crippen LogP contribution in [0.3, 0.4) is 0 Å². The molecular weight excluding hydrogens is 264 g/mol. The van der Waals surface area contributed by atoms with Crippen LogP contribution < -0.4 is 0 Å². The van der Waals surface area contributed by atoms with Crippen molar-refractivity contribution in [1.29, 1.82) is 0 Å². The highest BCUT2D eigenvalue weighted by Gasteiger charge is 2.57. The van der Waals surface area contributed by atoms with Gasteiger partial charge in [0.25, 0.3) is 0 Å². The lowest BCUT2D eigenvalue weighted by Crippen LogP contribution is -2.49. The van der Waals surface area contributed by atoms with Gasteiger partial charge in [0.1, 0.15) is 12.8 Å². The summed E-state index contributed by atoms with van der Waals surface area (Å²) < 4.78 is 33.0. The predicted octanol–water partition coefficient (Wildman–Crippen LogP) is 2.37. The van der Waals surface area contributed by atoms with Crippen molar-refractivity contribution in [3.05, 3.63) is 35.9 Å². The molecule has 108 valence electrons. The molecule has 20 heavy (non-hydrogen) atoms. The molecular formula is C15H17F2NO2. The lowest BCUT2D eigenvalue weighted by atomic mass is 9.93. The van der Waals surface area contributed by atoms with E-state index in [0.29, 0.717) is 18.5 Å². The van der Waals surface area contributed by atoms with Crippen molar-refractivity contribution in [2.45, 2.75) is 30.7 Å². The Morgan fingerprint density at radius 1 is 1.35 bits per heavy atom. The van der Waals surface area contributed by atoms with Crippen LogP contribution in [0.4, 0.5) is 8.78 Å². The average Bonchev–Trinajstić information content (AvgIpc) is 2.97. The molecule has 1 aromatic carbocycles. The standard InChI is InChI=1S/C15H17F2NO2/c16-12-9-18-8-4-7-15(18,13(12)17)10-20-14(19)11-5-2-1-3-6-11/h1-3,5-6,12-13H,4,7-10H2/t12-,13-,15-/m0/s1. The van der Waals surface area contributed by atoms with Crippen molar-refractivity contribution in [3.8, 4) is 0 Å². The molecule has 0 spiro atoms. The first-order chi connectivity index (χ1) is 9.63. The van der Waals surface area contributed by atoms with Crippen LogP contribution in [0.25, 0.3) is 0 Å². The second kappa shape index (κ2) is 5.13. The molecule has 2 aliphatic heterocycles.